The van der Waals surface area contributed by atoms with Gasteiger partial charge < -0.3 is 4.74 Å². The number of hydrogen-bond acceptors (Lipinski definition) is 7. The van der Waals surface area contributed by atoms with Crippen LogP contribution in [-0.2, 0) is 6.42 Å². The Bertz CT molecular complexity index is 732. The van der Waals surface area contributed by atoms with E-state index in [-0.39, 0.29) is 17.0 Å². The van der Waals surface area contributed by atoms with Gasteiger partial charge >= 0.3 is 5.69 Å². The zero-order valence-electron chi connectivity index (χ0n) is 13.4. The lowest BCUT2D eigenvalue weighted by molar-refractivity contribution is -0.385. The average Bonchev–Trinajstić information content (AvgIpc) is 3.00. The highest BCUT2D eigenvalue weighted by atomic mass is 32.1. The first-order valence-corrected chi connectivity index (χ1v) is 8.41. The number of carbonyl (C=O) groups excluding carboxylic acids is 1. The summed E-state index contributed by atoms with van der Waals surface area (Å²) in [5.74, 6) is -0.337. The number of unbranched alkanes of at least 4 members (excludes halogenated alkanes) is 1. The molecule has 0 atom stereocenters. The molecule has 8 nitrogen and oxygen atoms in total. The minimum absolute atomic E-state index is 0.136. The summed E-state index contributed by atoms with van der Waals surface area (Å²) in [4.78, 5) is 22.8. The van der Waals surface area contributed by atoms with E-state index < -0.39 is 10.8 Å². The molecule has 2 aromatic rings. The molecule has 2 rings (SSSR count). The second kappa shape index (κ2) is 8.34. The number of nitrogens with zero attached hydrogens (tertiary/aromatic N) is 3. The van der Waals surface area contributed by atoms with Gasteiger partial charge in [0.25, 0.3) is 5.91 Å². The molecular formula is C15H18N4O4S. The van der Waals surface area contributed by atoms with Gasteiger partial charge in [-0.15, -0.1) is 10.2 Å². The van der Waals surface area contributed by atoms with Gasteiger partial charge in [0.05, 0.1) is 11.5 Å². The first kappa shape index (κ1) is 17.8. The fourth-order valence-corrected chi connectivity index (χ4v) is 2.76. The van der Waals surface area contributed by atoms with Crippen molar-refractivity contribution in [1.29, 1.82) is 0 Å². The summed E-state index contributed by atoms with van der Waals surface area (Å²) in [5.41, 5.74) is -0.0825. The Labute approximate surface area is 143 Å². The van der Waals surface area contributed by atoms with Gasteiger partial charge in [0.2, 0.25) is 5.13 Å². The summed E-state index contributed by atoms with van der Waals surface area (Å²) in [6.07, 6.45) is 2.88. The van der Waals surface area contributed by atoms with Gasteiger partial charge in [-0.2, -0.15) is 0 Å². The third kappa shape index (κ3) is 4.48. The number of ether oxygens (including phenoxy) is 1. The second-order valence-corrected chi connectivity index (χ2v) is 5.99. The van der Waals surface area contributed by atoms with E-state index in [4.69, 9.17) is 4.74 Å². The number of rotatable bonds is 8. The standard InChI is InChI=1S/C15H18N4O4S/c1-3-5-6-13-17-18-15(24-13)16-14(20)10-7-8-12(23-4-2)11(9-10)19(21)22/h7-9H,3-6H2,1-2H3,(H,16,18,20). The molecule has 0 aliphatic heterocycles. The van der Waals surface area contributed by atoms with Crippen molar-refractivity contribution in [3.63, 3.8) is 0 Å². The number of aryl methyl sites for hydroxylation is 1. The van der Waals surface area contributed by atoms with E-state index in [1.54, 1.807) is 6.92 Å². The van der Waals surface area contributed by atoms with Crippen LogP contribution in [-0.4, -0.2) is 27.6 Å². The van der Waals surface area contributed by atoms with E-state index in [0.29, 0.717) is 11.7 Å². The molecule has 1 aromatic heterocycles. The van der Waals surface area contributed by atoms with Gasteiger partial charge in [0.15, 0.2) is 5.75 Å². The third-order valence-electron chi connectivity index (χ3n) is 3.15. The molecule has 24 heavy (non-hydrogen) atoms. The number of nitro groups is 1. The number of benzene rings is 1. The molecule has 0 unspecified atom stereocenters. The van der Waals surface area contributed by atoms with Gasteiger partial charge in [-0.05, 0) is 25.5 Å². The summed E-state index contributed by atoms with van der Waals surface area (Å²) in [7, 11) is 0. The maximum absolute atomic E-state index is 12.2. The van der Waals surface area contributed by atoms with Gasteiger partial charge in [-0.25, -0.2) is 0 Å². The SMILES string of the molecule is CCCCc1nnc(NC(=O)c2ccc(OCC)c([N+](=O)[O-])c2)s1. The van der Waals surface area contributed by atoms with Crippen LogP contribution >= 0.6 is 11.3 Å². The lowest BCUT2D eigenvalue weighted by Gasteiger charge is -2.06. The Balaban J connectivity index is 2.13. The van der Waals surface area contributed by atoms with Crippen LogP contribution in [0.25, 0.3) is 0 Å². The number of amides is 1. The van der Waals surface area contributed by atoms with E-state index in [0.717, 1.165) is 24.3 Å². The van der Waals surface area contributed by atoms with Crippen LogP contribution in [0.4, 0.5) is 10.8 Å². The van der Waals surface area contributed by atoms with Crippen molar-refractivity contribution in [3.8, 4) is 5.75 Å². The van der Waals surface area contributed by atoms with Crippen molar-refractivity contribution >= 4 is 28.1 Å². The maximum atomic E-state index is 12.2. The van der Waals surface area contributed by atoms with Crippen molar-refractivity contribution < 1.29 is 14.5 Å². The van der Waals surface area contributed by atoms with E-state index in [2.05, 4.69) is 22.4 Å². The van der Waals surface area contributed by atoms with Gasteiger partial charge in [0.1, 0.15) is 5.01 Å². The second-order valence-electron chi connectivity index (χ2n) is 4.93. The molecule has 0 saturated carbocycles. The zero-order valence-corrected chi connectivity index (χ0v) is 14.3. The number of nitro benzene ring substituents is 1. The van der Waals surface area contributed by atoms with Gasteiger partial charge in [0, 0.05) is 18.1 Å². The number of anilines is 1. The van der Waals surface area contributed by atoms with Crippen molar-refractivity contribution in [1.82, 2.24) is 10.2 Å². The van der Waals surface area contributed by atoms with E-state index in [9.17, 15) is 14.9 Å². The van der Waals surface area contributed by atoms with Crippen LogP contribution < -0.4 is 10.1 Å². The molecule has 1 amide bonds. The third-order valence-corrected chi connectivity index (χ3v) is 4.05. The van der Waals surface area contributed by atoms with Crippen molar-refractivity contribution in [2.24, 2.45) is 0 Å². The monoisotopic (exact) mass is 350 g/mol. The molecule has 0 aliphatic rings. The summed E-state index contributed by atoms with van der Waals surface area (Å²) in [6, 6.07) is 4.09. The fraction of sp³-hybridized carbons (Fsp3) is 0.400. The number of hydrogen-bond donors (Lipinski definition) is 1. The fourth-order valence-electron chi connectivity index (χ4n) is 1.98. The molecule has 0 bridgehead atoms. The van der Waals surface area contributed by atoms with Crippen LogP contribution in [0.1, 0.15) is 42.1 Å². The molecule has 0 radical (unpaired) electrons. The minimum Gasteiger partial charge on any atom is -0.487 e. The number of nitrogens with one attached hydrogen (secondary N) is 1. The summed E-state index contributed by atoms with van der Waals surface area (Å²) < 4.78 is 5.20. The Hall–Kier alpha value is -2.55. The molecule has 9 heteroatoms. The highest BCUT2D eigenvalue weighted by Gasteiger charge is 2.19. The van der Waals surface area contributed by atoms with Gasteiger partial charge in [-0.1, -0.05) is 24.7 Å². The maximum Gasteiger partial charge on any atom is 0.311 e. The van der Waals surface area contributed by atoms with Crippen LogP contribution in [0.3, 0.4) is 0 Å². The van der Waals surface area contributed by atoms with Crippen LogP contribution in [0.15, 0.2) is 18.2 Å². The van der Waals surface area contributed by atoms with Crippen LogP contribution in [0, 0.1) is 10.1 Å². The molecule has 1 heterocycles. The largest absolute Gasteiger partial charge is 0.487 e. The van der Waals surface area contributed by atoms with E-state index >= 15 is 0 Å². The number of aromatic nitrogens is 2. The minimum atomic E-state index is -0.574. The highest BCUT2D eigenvalue weighted by Crippen LogP contribution is 2.28. The van der Waals surface area contributed by atoms with E-state index in [1.165, 1.54) is 29.5 Å². The summed E-state index contributed by atoms with van der Waals surface area (Å²) in [6.45, 7) is 4.12. The zero-order chi connectivity index (χ0) is 17.5. The van der Waals surface area contributed by atoms with Crippen molar-refractivity contribution in [2.45, 2.75) is 33.1 Å². The smallest absolute Gasteiger partial charge is 0.311 e. The van der Waals surface area contributed by atoms with Crippen molar-refractivity contribution in [3.05, 3.63) is 38.9 Å². The van der Waals surface area contributed by atoms with Crippen molar-refractivity contribution in [2.75, 3.05) is 11.9 Å². The lowest BCUT2D eigenvalue weighted by Crippen LogP contribution is -2.12. The van der Waals surface area contributed by atoms with Gasteiger partial charge in [-0.3, -0.25) is 20.2 Å². The normalized spacial score (nSPS) is 10.4. The molecule has 0 saturated heterocycles. The Morgan fingerprint density at radius 3 is 2.83 bits per heavy atom. The Morgan fingerprint density at radius 2 is 2.17 bits per heavy atom. The molecule has 1 N–H and O–H groups in total. The first-order chi connectivity index (χ1) is 11.5. The molecule has 1 aromatic carbocycles. The molecule has 128 valence electrons. The number of carbonyl (C=O) groups is 1. The topological polar surface area (TPSA) is 107 Å². The van der Waals surface area contributed by atoms with E-state index in [1.807, 2.05) is 0 Å². The summed E-state index contributed by atoms with van der Waals surface area (Å²) in [5, 5.41) is 22.9. The van der Waals surface area contributed by atoms with Crippen LogP contribution in [0.5, 0.6) is 5.75 Å². The predicted octanol–water partition coefficient (Wildman–Crippen LogP) is 3.44. The Kier molecular flexibility index (Phi) is 6.19. The molecule has 0 fully saturated rings. The molecular weight excluding hydrogens is 332 g/mol. The highest BCUT2D eigenvalue weighted by molar-refractivity contribution is 7.15. The Morgan fingerprint density at radius 1 is 1.38 bits per heavy atom. The summed E-state index contributed by atoms with van der Waals surface area (Å²) >= 11 is 1.30. The first-order valence-electron chi connectivity index (χ1n) is 7.60. The average molecular weight is 350 g/mol. The molecule has 0 spiro atoms. The lowest BCUT2D eigenvalue weighted by atomic mass is 10.2. The van der Waals surface area contributed by atoms with Crippen LogP contribution in [0.2, 0.25) is 0 Å². The predicted molar refractivity (Wildman–Crippen MR) is 90.7 cm³/mol. The quantitative estimate of drug-likeness (QED) is 0.577. The molecule has 0 aliphatic carbocycles.